The molecule has 4 nitrogen and oxygen atoms in total. The standard InChI is InChI=1S/C16H28N4S/c1-13(2)9-17-10-15-12-21-16(18-15)20-7-5-19(6-8-20)11-14-3-4-14/h12-14,17H,3-11H2,1-2H3. The first-order valence-corrected chi connectivity index (χ1v) is 9.21. The fraction of sp³-hybridized carbons (Fsp3) is 0.812. The Balaban J connectivity index is 1.43. The van der Waals surface area contributed by atoms with Crippen molar-refractivity contribution >= 4 is 16.5 Å². The van der Waals surface area contributed by atoms with E-state index in [1.165, 1.54) is 43.3 Å². The van der Waals surface area contributed by atoms with Gasteiger partial charge in [0.05, 0.1) is 5.69 Å². The Morgan fingerprint density at radius 1 is 1.29 bits per heavy atom. The summed E-state index contributed by atoms with van der Waals surface area (Å²) >= 11 is 1.80. The molecule has 2 fully saturated rings. The summed E-state index contributed by atoms with van der Waals surface area (Å²) < 4.78 is 0. The Kier molecular flexibility index (Phi) is 5.14. The van der Waals surface area contributed by atoms with Crippen molar-refractivity contribution in [1.82, 2.24) is 15.2 Å². The maximum absolute atomic E-state index is 4.79. The van der Waals surface area contributed by atoms with E-state index in [2.05, 4.69) is 34.3 Å². The van der Waals surface area contributed by atoms with Crippen molar-refractivity contribution in [3.05, 3.63) is 11.1 Å². The van der Waals surface area contributed by atoms with E-state index < -0.39 is 0 Å². The quantitative estimate of drug-likeness (QED) is 0.838. The zero-order chi connectivity index (χ0) is 14.7. The topological polar surface area (TPSA) is 31.4 Å². The molecule has 2 aliphatic rings. The van der Waals surface area contributed by atoms with Crippen LogP contribution in [-0.4, -0.2) is 49.2 Å². The van der Waals surface area contributed by atoms with Gasteiger partial charge in [0.2, 0.25) is 0 Å². The normalized spacial score (nSPS) is 20.4. The average molecular weight is 308 g/mol. The molecule has 2 heterocycles. The van der Waals surface area contributed by atoms with Gasteiger partial charge in [-0.15, -0.1) is 11.3 Å². The molecule has 21 heavy (non-hydrogen) atoms. The molecule has 0 spiro atoms. The fourth-order valence-electron chi connectivity index (χ4n) is 2.80. The van der Waals surface area contributed by atoms with Crippen molar-refractivity contribution in [2.45, 2.75) is 33.2 Å². The van der Waals surface area contributed by atoms with Gasteiger partial charge in [-0.2, -0.15) is 0 Å². The first-order chi connectivity index (χ1) is 10.2. The zero-order valence-electron chi connectivity index (χ0n) is 13.3. The molecule has 1 aromatic heterocycles. The second kappa shape index (κ2) is 7.07. The van der Waals surface area contributed by atoms with Crippen LogP contribution in [0.5, 0.6) is 0 Å². The van der Waals surface area contributed by atoms with Gasteiger partial charge < -0.3 is 10.2 Å². The summed E-state index contributed by atoms with van der Waals surface area (Å²) in [6, 6.07) is 0. The van der Waals surface area contributed by atoms with E-state index in [-0.39, 0.29) is 0 Å². The molecule has 1 aliphatic carbocycles. The Hall–Kier alpha value is -0.650. The highest BCUT2D eigenvalue weighted by Crippen LogP contribution is 2.30. The summed E-state index contributed by atoms with van der Waals surface area (Å²) in [6.07, 6.45) is 2.92. The lowest BCUT2D eigenvalue weighted by atomic mass is 10.2. The molecule has 1 saturated carbocycles. The molecule has 0 radical (unpaired) electrons. The predicted octanol–water partition coefficient (Wildman–Crippen LogP) is 2.42. The first-order valence-electron chi connectivity index (χ1n) is 8.33. The van der Waals surface area contributed by atoms with Crippen molar-refractivity contribution < 1.29 is 0 Å². The zero-order valence-corrected chi connectivity index (χ0v) is 14.2. The Morgan fingerprint density at radius 3 is 2.71 bits per heavy atom. The summed E-state index contributed by atoms with van der Waals surface area (Å²) in [4.78, 5) is 9.88. The molecule has 0 atom stereocenters. The van der Waals surface area contributed by atoms with Gasteiger partial charge >= 0.3 is 0 Å². The van der Waals surface area contributed by atoms with Gasteiger partial charge in [0.25, 0.3) is 0 Å². The molecule has 0 unspecified atom stereocenters. The van der Waals surface area contributed by atoms with Crippen LogP contribution in [0, 0.1) is 11.8 Å². The summed E-state index contributed by atoms with van der Waals surface area (Å²) in [7, 11) is 0. The second-order valence-corrected chi connectivity index (χ2v) is 7.71. The van der Waals surface area contributed by atoms with E-state index in [4.69, 9.17) is 4.98 Å². The minimum atomic E-state index is 0.697. The predicted molar refractivity (Wildman–Crippen MR) is 90.0 cm³/mol. The van der Waals surface area contributed by atoms with E-state index in [0.29, 0.717) is 5.92 Å². The van der Waals surface area contributed by atoms with Crippen LogP contribution in [-0.2, 0) is 6.54 Å². The molecule has 1 N–H and O–H groups in total. The molecule has 118 valence electrons. The molecule has 1 saturated heterocycles. The fourth-order valence-corrected chi connectivity index (χ4v) is 3.68. The molecule has 0 bridgehead atoms. The lowest BCUT2D eigenvalue weighted by Gasteiger charge is -2.34. The van der Waals surface area contributed by atoms with E-state index in [0.717, 1.165) is 32.1 Å². The monoisotopic (exact) mass is 308 g/mol. The molecule has 1 aromatic rings. The third-order valence-electron chi connectivity index (χ3n) is 4.25. The highest BCUT2D eigenvalue weighted by molar-refractivity contribution is 7.13. The van der Waals surface area contributed by atoms with Crippen LogP contribution in [0.25, 0.3) is 0 Å². The molecule has 5 heteroatoms. The summed E-state index contributed by atoms with van der Waals surface area (Å²) in [5.41, 5.74) is 1.19. The molecular formula is C16H28N4S. The van der Waals surface area contributed by atoms with Crippen molar-refractivity contribution in [3.8, 4) is 0 Å². The van der Waals surface area contributed by atoms with Gasteiger partial charge in [-0.25, -0.2) is 4.98 Å². The van der Waals surface area contributed by atoms with Crippen molar-refractivity contribution in [2.24, 2.45) is 11.8 Å². The number of hydrogen-bond donors (Lipinski definition) is 1. The van der Waals surface area contributed by atoms with E-state index in [1.807, 2.05) is 0 Å². The van der Waals surface area contributed by atoms with Crippen LogP contribution >= 0.6 is 11.3 Å². The van der Waals surface area contributed by atoms with Crippen molar-refractivity contribution in [2.75, 3.05) is 44.2 Å². The van der Waals surface area contributed by atoms with Gasteiger partial charge in [0.1, 0.15) is 0 Å². The molecule has 3 rings (SSSR count). The van der Waals surface area contributed by atoms with Crippen molar-refractivity contribution in [3.63, 3.8) is 0 Å². The van der Waals surface area contributed by atoms with Crippen LogP contribution in [0.1, 0.15) is 32.4 Å². The average Bonchev–Trinajstić information content (AvgIpc) is 3.15. The SMILES string of the molecule is CC(C)CNCc1csc(N2CCN(CC3CC3)CC2)n1. The van der Waals surface area contributed by atoms with Crippen LogP contribution in [0.15, 0.2) is 5.38 Å². The van der Waals surface area contributed by atoms with Gasteiger partial charge in [0.15, 0.2) is 5.13 Å². The Morgan fingerprint density at radius 2 is 2.05 bits per heavy atom. The Labute approximate surface area is 132 Å². The number of hydrogen-bond acceptors (Lipinski definition) is 5. The highest BCUT2D eigenvalue weighted by atomic mass is 32.1. The minimum Gasteiger partial charge on any atom is -0.346 e. The van der Waals surface area contributed by atoms with Gasteiger partial charge in [-0.05, 0) is 31.2 Å². The lowest BCUT2D eigenvalue weighted by molar-refractivity contribution is 0.248. The number of rotatable bonds is 7. The van der Waals surface area contributed by atoms with E-state index >= 15 is 0 Å². The highest BCUT2D eigenvalue weighted by Gasteiger charge is 2.26. The number of nitrogens with zero attached hydrogens (tertiary/aromatic N) is 3. The number of piperazine rings is 1. The number of nitrogens with one attached hydrogen (secondary N) is 1. The number of thiazole rings is 1. The smallest absolute Gasteiger partial charge is 0.185 e. The molecule has 1 aliphatic heterocycles. The molecule has 0 amide bonds. The Bertz CT molecular complexity index is 433. The second-order valence-electron chi connectivity index (χ2n) is 6.88. The summed E-state index contributed by atoms with van der Waals surface area (Å²) in [5.74, 6) is 1.71. The summed E-state index contributed by atoms with van der Waals surface area (Å²) in [5, 5.41) is 6.89. The molecule has 0 aromatic carbocycles. The third-order valence-corrected chi connectivity index (χ3v) is 5.20. The lowest BCUT2D eigenvalue weighted by Crippen LogP contribution is -2.47. The summed E-state index contributed by atoms with van der Waals surface area (Å²) in [6.45, 7) is 12.5. The number of anilines is 1. The van der Waals surface area contributed by atoms with E-state index in [9.17, 15) is 0 Å². The first kappa shape index (κ1) is 15.3. The van der Waals surface area contributed by atoms with Crippen LogP contribution < -0.4 is 10.2 Å². The minimum absolute atomic E-state index is 0.697. The largest absolute Gasteiger partial charge is 0.346 e. The maximum atomic E-state index is 4.79. The third kappa shape index (κ3) is 4.66. The molecular weight excluding hydrogens is 280 g/mol. The van der Waals surface area contributed by atoms with E-state index in [1.54, 1.807) is 11.3 Å². The van der Waals surface area contributed by atoms with Gasteiger partial charge in [-0.1, -0.05) is 13.8 Å². The van der Waals surface area contributed by atoms with Gasteiger partial charge in [0, 0.05) is 44.6 Å². The van der Waals surface area contributed by atoms with Gasteiger partial charge in [-0.3, -0.25) is 4.90 Å². The number of aromatic nitrogens is 1. The maximum Gasteiger partial charge on any atom is 0.185 e. The van der Waals surface area contributed by atoms with Crippen LogP contribution in [0.4, 0.5) is 5.13 Å². The van der Waals surface area contributed by atoms with Crippen molar-refractivity contribution in [1.29, 1.82) is 0 Å². The van der Waals surface area contributed by atoms with Crippen LogP contribution in [0.2, 0.25) is 0 Å². The van der Waals surface area contributed by atoms with Crippen LogP contribution in [0.3, 0.4) is 0 Å².